The van der Waals surface area contributed by atoms with E-state index in [1.54, 1.807) is 18.2 Å². The Balaban J connectivity index is 2.53. The van der Waals surface area contributed by atoms with E-state index in [1.165, 1.54) is 4.57 Å². The molecule has 1 aromatic heterocycles. The first-order valence-corrected chi connectivity index (χ1v) is 7.61. The zero-order valence-electron chi connectivity index (χ0n) is 11.8. The molecule has 120 valence electrons. The van der Waals surface area contributed by atoms with Gasteiger partial charge in [0.2, 0.25) is 0 Å². The molecule has 0 saturated heterocycles. The maximum atomic E-state index is 14.3. The van der Waals surface area contributed by atoms with Gasteiger partial charge in [-0.2, -0.15) is 0 Å². The molecule has 23 heavy (non-hydrogen) atoms. The van der Waals surface area contributed by atoms with Gasteiger partial charge in [-0.1, -0.05) is 15.9 Å². The Morgan fingerprint density at radius 1 is 1.17 bits per heavy atom. The number of fused-ring (bicyclic) bond motifs is 2. The lowest BCUT2D eigenvalue weighted by Gasteiger charge is -2.18. The van der Waals surface area contributed by atoms with Crippen LogP contribution in [0.4, 0.5) is 8.78 Å². The molecule has 1 heterocycles. The standard InChI is InChI=1S/C16H12BrF2NO3/c17-8-1-2-11-14(3-8)20(6-10(22)7-21)15-12(16(11)23)4-9(18)5-13(15)19/h1-5,10,21-22H,6-7H2. The van der Waals surface area contributed by atoms with E-state index in [4.69, 9.17) is 5.11 Å². The van der Waals surface area contributed by atoms with Gasteiger partial charge in [-0.15, -0.1) is 0 Å². The van der Waals surface area contributed by atoms with Crippen LogP contribution in [-0.2, 0) is 6.54 Å². The van der Waals surface area contributed by atoms with Gasteiger partial charge in [0, 0.05) is 15.9 Å². The summed E-state index contributed by atoms with van der Waals surface area (Å²) in [5.41, 5.74) is -0.208. The van der Waals surface area contributed by atoms with E-state index in [2.05, 4.69) is 15.9 Å². The fourth-order valence-electron chi connectivity index (χ4n) is 2.66. The Hall–Kier alpha value is -1.83. The third-order valence-electron chi connectivity index (χ3n) is 3.64. The number of aliphatic hydroxyl groups is 2. The highest BCUT2D eigenvalue weighted by Gasteiger charge is 2.17. The molecule has 0 aliphatic heterocycles. The molecule has 0 aliphatic rings. The summed E-state index contributed by atoms with van der Waals surface area (Å²) in [6, 6.07) is 6.48. The Morgan fingerprint density at radius 3 is 2.61 bits per heavy atom. The number of nitrogens with zero attached hydrogens (tertiary/aromatic N) is 1. The van der Waals surface area contributed by atoms with Crippen molar-refractivity contribution >= 4 is 37.7 Å². The van der Waals surface area contributed by atoms with E-state index in [1.807, 2.05) is 0 Å². The van der Waals surface area contributed by atoms with Gasteiger partial charge < -0.3 is 14.8 Å². The Bertz CT molecular complexity index is 971. The van der Waals surface area contributed by atoms with Crippen molar-refractivity contribution in [2.24, 2.45) is 0 Å². The molecule has 2 N–H and O–H groups in total. The van der Waals surface area contributed by atoms with Crippen molar-refractivity contribution in [3.8, 4) is 0 Å². The zero-order valence-corrected chi connectivity index (χ0v) is 13.3. The molecular formula is C16H12BrF2NO3. The molecule has 7 heteroatoms. The number of halogens is 3. The van der Waals surface area contributed by atoms with Gasteiger partial charge >= 0.3 is 0 Å². The van der Waals surface area contributed by atoms with Gasteiger partial charge in [0.15, 0.2) is 11.2 Å². The van der Waals surface area contributed by atoms with E-state index >= 15 is 0 Å². The molecule has 0 bridgehead atoms. The highest BCUT2D eigenvalue weighted by atomic mass is 79.9. The van der Waals surface area contributed by atoms with Crippen molar-refractivity contribution in [3.63, 3.8) is 0 Å². The second kappa shape index (κ2) is 5.99. The SMILES string of the molecule is O=c1c2ccc(Br)cc2n(CC(O)CO)c2c(F)cc(F)cc12. The molecule has 1 atom stereocenters. The van der Waals surface area contributed by atoms with Crippen molar-refractivity contribution < 1.29 is 19.0 Å². The average molecular weight is 384 g/mol. The monoisotopic (exact) mass is 383 g/mol. The minimum absolute atomic E-state index is 0.102. The summed E-state index contributed by atoms with van der Waals surface area (Å²) in [7, 11) is 0. The molecule has 2 aromatic carbocycles. The number of aromatic nitrogens is 1. The van der Waals surface area contributed by atoms with Crippen molar-refractivity contribution in [2.75, 3.05) is 6.61 Å². The van der Waals surface area contributed by atoms with Gasteiger partial charge in [0.1, 0.15) is 5.82 Å². The van der Waals surface area contributed by atoms with Crippen LogP contribution in [0.1, 0.15) is 0 Å². The molecule has 0 saturated carbocycles. The molecule has 0 amide bonds. The summed E-state index contributed by atoms with van der Waals surface area (Å²) >= 11 is 3.29. The molecule has 0 spiro atoms. The van der Waals surface area contributed by atoms with Crippen molar-refractivity contribution in [1.82, 2.24) is 4.57 Å². The van der Waals surface area contributed by atoms with Crippen molar-refractivity contribution in [2.45, 2.75) is 12.6 Å². The number of benzene rings is 2. The summed E-state index contributed by atoms with van der Waals surface area (Å²) in [5, 5.41) is 19.0. The first-order valence-electron chi connectivity index (χ1n) is 6.82. The molecule has 1 unspecified atom stereocenters. The number of hydrogen-bond acceptors (Lipinski definition) is 3. The van der Waals surface area contributed by atoms with Crippen LogP contribution in [0.2, 0.25) is 0 Å². The molecule has 3 rings (SSSR count). The summed E-state index contributed by atoms with van der Waals surface area (Å²) in [4.78, 5) is 12.5. The second-order valence-electron chi connectivity index (χ2n) is 5.22. The number of pyridine rings is 1. The maximum absolute atomic E-state index is 14.3. The van der Waals surface area contributed by atoms with Crippen molar-refractivity contribution in [3.05, 3.63) is 56.7 Å². The first-order chi connectivity index (χ1) is 10.9. The largest absolute Gasteiger partial charge is 0.394 e. The molecule has 0 fully saturated rings. The lowest BCUT2D eigenvalue weighted by Crippen LogP contribution is -2.23. The Morgan fingerprint density at radius 2 is 1.91 bits per heavy atom. The Labute approximate surface area is 137 Å². The van der Waals surface area contributed by atoms with Crippen LogP contribution >= 0.6 is 15.9 Å². The van der Waals surface area contributed by atoms with Crippen LogP contribution in [0.3, 0.4) is 0 Å². The summed E-state index contributed by atoms with van der Waals surface area (Å²) in [5.74, 6) is -1.75. The summed E-state index contributed by atoms with van der Waals surface area (Å²) in [6.45, 7) is -0.658. The number of hydrogen-bond donors (Lipinski definition) is 2. The quantitative estimate of drug-likeness (QED) is 0.683. The van der Waals surface area contributed by atoms with E-state index in [0.717, 1.165) is 6.07 Å². The predicted octanol–water partition coefficient (Wildman–Crippen LogP) is 2.55. The predicted molar refractivity (Wildman–Crippen MR) is 86.4 cm³/mol. The van der Waals surface area contributed by atoms with Gasteiger partial charge in [-0.05, 0) is 24.3 Å². The highest BCUT2D eigenvalue weighted by Crippen LogP contribution is 2.25. The van der Waals surface area contributed by atoms with Crippen molar-refractivity contribution in [1.29, 1.82) is 0 Å². The van der Waals surface area contributed by atoms with Crippen LogP contribution < -0.4 is 5.43 Å². The molecule has 0 radical (unpaired) electrons. The Kier molecular flexibility index (Phi) is 4.18. The fraction of sp³-hybridized carbons (Fsp3) is 0.188. The van der Waals surface area contributed by atoms with Crippen LogP contribution in [0.15, 0.2) is 39.6 Å². The van der Waals surface area contributed by atoms with Gasteiger partial charge in [-0.3, -0.25) is 4.79 Å². The molecule has 3 aromatic rings. The minimum Gasteiger partial charge on any atom is -0.394 e. The zero-order chi connectivity index (χ0) is 16.7. The summed E-state index contributed by atoms with van der Waals surface area (Å²) in [6.07, 6.45) is -1.15. The van der Waals surface area contributed by atoms with Gasteiger partial charge in [0.25, 0.3) is 0 Å². The van der Waals surface area contributed by atoms with E-state index in [-0.39, 0.29) is 22.8 Å². The highest BCUT2D eigenvalue weighted by molar-refractivity contribution is 9.10. The fourth-order valence-corrected chi connectivity index (χ4v) is 3.01. The smallest absolute Gasteiger partial charge is 0.197 e. The van der Waals surface area contributed by atoms with E-state index in [9.17, 15) is 18.7 Å². The van der Waals surface area contributed by atoms with E-state index in [0.29, 0.717) is 16.1 Å². The van der Waals surface area contributed by atoms with Crippen LogP contribution in [0.25, 0.3) is 21.8 Å². The third kappa shape index (κ3) is 2.75. The minimum atomic E-state index is -1.15. The van der Waals surface area contributed by atoms with Crippen LogP contribution in [-0.4, -0.2) is 27.5 Å². The molecule has 4 nitrogen and oxygen atoms in total. The summed E-state index contributed by atoms with van der Waals surface area (Å²) < 4.78 is 29.9. The normalized spacial score (nSPS) is 12.9. The number of aliphatic hydroxyl groups excluding tert-OH is 2. The maximum Gasteiger partial charge on any atom is 0.197 e. The lowest BCUT2D eigenvalue weighted by molar-refractivity contribution is 0.0829. The second-order valence-corrected chi connectivity index (χ2v) is 6.14. The topological polar surface area (TPSA) is 62.5 Å². The molecule has 0 aliphatic carbocycles. The van der Waals surface area contributed by atoms with Crippen LogP contribution in [0.5, 0.6) is 0 Å². The lowest BCUT2D eigenvalue weighted by atomic mass is 10.1. The number of rotatable bonds is 3. The van der Waals surface area contributed by atoms with Gasteiger partial charge in [0.05, 0.1) is 35.7 Å². The average Bonchev–Trinajstić information content (AvgIpc) is 2.50. The molecular weight excluding hydrogens is 372 g/mol. The third-order valence-corrected chi connectivity index (χ3v) is 4.14. The first kappa shape index (κ1) is 16.0. The van der Waals surface area contributed by atoms with Gasteiger partial charge in [-0.25, -0.2) is 8.78 Å². The van der Waals surface area contributed by atoms with Crippen LogP contribution in [0, 0.1) is 11.6 Å². The van der Waals surface area contributed by atoms with E-state index < -0.39 is 29.8 Å².